The molecule has 2 fully saturated rings. The zero-order chi connectivity index (χ0) is 10.9. The molecule has 1 saturated carbocycles. The van der Waals surface area contributed by atoms with Gasteiger partial charge >= 0.3 is 0 Å². The molecule has 1 aliphatic heterocycles. The number of amides is 1. The molecule has 1 unspecified atom stereocenters. The summed E-state index contributed by atoms with van der Waals surface area (Å²) < 4.78 is 0. The number of aliphatic hydroxyl groups is 1. The first kappa shape index (κ1) is 10.9. The van der Waals surface area contributed by atoms with E-state index in [9.17, 15) is 9.90 Å². The van der Waals surface area contributed by atoms with Gasteiger partial charge in [-0.25, -0.2) is 0 Å². The van der Waals surface area contributed by atoms with Crippen LogP contribution in [0, 0.1) is 5.41 Å². The zero-order valence-electron chi connectivity index (χ0n) is 9.31. The molecule has 2 aliphatic rings. The number of carbonyl (C=O) groups is 1. The van der Waals surface area contributed by atoms with Crippen LogP contribution in [0.5, 0.6) is 0 Å². The maximum Gasteiger partial charge on any atom is 0.227 e. The number of hydrogen-bond acceptors (Lipinski definition) is 3. The van der Waals surface area contributed by atoms with Gasteiger partial charge in [0, 0.05) is 13.1 Å². The maximum atomic E-state index is 11.9. The van der Waals surface area contributed by atoms with Crippen molar-refractivity contribution in [2.75, 3.05) is 19.6 Å². The van der Waals surface area contributed by atoms with E-state index in [1.54, 1.807) is 0 Å². The third-order valence-corrected chi connectivity index (χ3v) is 3.78. The standard InChI is InChI=1S/C11H20N2O2/c1-10(5-6-12-7-10)9(14)13-8-11(15)3-2-4-11/h12,15H,2-8H2,1H3,(H,13,14). The third kappa shape index (κ3) is 2.16. The van der Waals surface area contributed by atoms with Crippen LogP contribution in [0.2, 0.25) is 0 Å². The van der Waals surface area contributed by atoms with Gasteiger partial charge in [-0.2, -0.15) is 0 Å². The number of hydrogen-bond donors (Lipinski definition) is 3. The van der Waals surface area contributed by atoms with E-state index in [-0.39, 0.29) is 11.3 Å². The molecule has 0 radical (unpaired) electrons. The van der Waals surface area contributed by atoms with Crippen LogP contribution in [0.1, 0.15) is 32.6 Å². The van der Waals surface area contributed by atoms with Crippen molar-refractivity contribution in [1.82, 2.24) is 10.6 Å². The summed E-state index contributed by atoms with van der Waals surface area (Å²) in [5, 5.41) is 15.9. The highest BCUT2D eigenvalue weighted by atomic mass is 16.3. The molecule has 1 atom stereocenters. The zero-order valence-corrected chi connectivity index (χ0v) is 9.31. The number of nitrogens with one attached hydrogen (secondary N) is 2. The summed E-state index contributed by atoms with van der Waals surface area (Å²) in [5.41, 5.74) is -0.891. The Bertz CT molecular complexity index is 255. The molecule has 0 spiro atoms. The third-order valence-electron chi connectivity index (χ3n) is 3.78. The SMILES string of the molecule is CC1(C(=O)NCC2(O)CCC2)CCNC1. The second kappa shape index (κ2) is 3.76. The lowest BCUT2D eigenvalue weighted by molar-refractivity contribution is -0.131. The lowest BCUT2D eigenvalue weighted by Gasteiger charge is -2.37. The van der Waals surface area contributed by atoms with Crippen LogP contribution in [0.3, 0.4) is 0 Å². The summed E-state index contributed by atoms with van der Waals surface area (Å²) in [6, 6.07) is 0. The van der Waals surface area contributed by atoms with Crippen molar-refractivity contribution in [2.24, 2.45) is 5.41 Å². The molecule has 1 saturated heterocycles. The summed E-state index contributed by atoms with van der Waals surface area (Å²) in [5.74, 6) is 0.0767. The van der Waals surface area contributed by atoms with Crippen molar-refractivity contribution < 1.29 is 9.90 Å². The average Bonchev–Trinajstić information content (AvgIpc) is 2.60. The largest absolute Gasteiger partial charge is 0.388 e. The molecule has 0 bridgehead atoms. The average molecular weight is 212 g/mol. The van der Waals surface area contributed by atoms with Crippen LogP contribution < -0.4 is 10.6 Å². The van der Waals surface area contributed by atoms with Crippen LogP contribution in [-0.2, 0) is 4.79 Å². The van der Waals surface area contributed by atoms with E-state index in [1.165, 1.54) is 0 Å². The normalized spacial score (nSPS) is 33.5. The molecular weight excluding hydrogens is 192 g/mol. The highest BCUT2D eigenvalue weighted by Gasteiger charge is 2.39. The van der Waals surface area contributed by atoms with E-state index in [4.69, 9.17) is 0 Å². The van der Waals surface area contributed by atoms with E-state index >= 15 is 0 Å². The van der Waals surface area contributed by atoms with Crippen molar-refractivity contribution in [3.63, 3.8) is 0 Å². The minimum absolute atomic E-state index is 0.0767. The Balaban J connectivity index is 1.81. The summed E-state index contributed by atoms with van der Waals surface area (Å²) >= 11 is 0. The van der Waals surface area contributed by atoms with Gasteiger partial charge in [-0.05, 0) is 39.2 Å². The van der Waals surface area contributed by atoms with Crippen molar-refractivity contribution in [2.45, 2.75) is 38.2 Å². The molecule has 0 aromatic carbocycles. The summed E-state index contributed by atoms with van der Waals surface area (Å²) in [4.78, 5) is 11.9. The van der Waals surface area contributed by atoms with E-state index in [0.717, 1.165) is 38.8 Å². The molecule has 1 amide bonds. The first-order chi connectivity index (χ1) is 7.04. The molecule has 15 heavy (non-hydrogen) atoms. The number of rotatable bonds is 3. The smallest absolute Gasteiger partial charge is 0.227 e. The van der Waals surface area contributed by atoms with Gasteiger partial charge in [-0.3, -0.25) is 4.79 Å². The Hall–Kier alpha value is -0.610. The topological polar surface area (TPSA) is 61.4 Å². The highest BCUT2D eigenvalue weighted by Crippen LogP contribution is 2.31. The molecule has 0 aromatic heterocycles. The number of carbonyl (C=O) groups excluding carboxylic acids is 1. The summed E-state index contributed by atoms with van der Waals surface area (Å²) in [6.45, 7) is 4.06. The Morgan fingerprint density at radius 1 is 1.47 bits per heavy atom. The monoisotopic (exact) mass is 212 g/mol. The second-order valence-corrected chi connectivity index (χ2v) is 5.25. The highest BCUT2D eigenvalue weighted by molar-refractivity contribution is 5.82. The minimum Gasteiger partial charge on any atom is -0.388 e. The quantitative estimate of drug-likeness (QED) is 0.618. The van der Waals surface area contributed by atoms with E-state index in [2.05, 4.69) is 10.6 Å². The van der Waals surface area contributed by atoms with Crippen molar-refractivity contribution in [3.8, 4) is 0 Å². The fourth-order valence-corrected chi connectivity index (χ4v) is 2.23. The van der Waals surface area contributed by atoms with Crippen molar-refractivity contribution >= 4 is 5.91 Å². The van der Waals surface area contributed by atoms with Gasteiger partial charge in [-0.1, -0.05) is 0 Å². The Labute approximate surface area is 90.4 Å². The van der Waals surface area contributed by atoms with Gasteiger partial charge in [-0.15, -0.1) is 0 Å². The molecule has 3 N–H and O–H groups in total. The van der Waals surface area contributed by atoms with Gasteiger partial charge in [0.1, 0.15) is 0 Å². The van der Waals surface area contributed by atoms with Gasteiger partial charge in [0.25, 0.3) is 0 Å². The van der Waals surface area contributed by atoms with Crippen LogP contribution in [0.15, 0.2) is 0 Å². The Morgan fingerprint density at radius 3 is 2.67 bits per heavy atom. The predicted molar refractivity (Wildman–Crippen MR) is 57.4 cm³/mol. The molecule has 1 heterocycles. The van der Waals surface area contributed by atoms with Gasteiger partial charge in [0.15, 0.2) is 0 Å². The Morgan fingerprint density at radius 2 is 2.20 bits per heavy atom. The second-order valence-electron chi connectivity index (χ2n) is 5.25. The van der Waals surface area contributed by atoms with E-state index in [0.29, 0.717) is 6.54 Å². The van der Waals surface area contributed by atoms with Crippen LogP contribution in [0.25, 0.3) is 0 Å². The lowest BCUT2D eigenvalue weighted by Crippen LogP contribution is -2.51. The summed E-state index contributed by atoms with van der Waals surface area (Å²) in [7, 11) is 0. The molecule has 86 valence electrons. The lowest BCUT2D eigenvalue weighted by atomic mass is 9.80. The molecule has 1 aliphatic carbocycles. The van der Waals surface area contributed by atoms with Crippen molar-refractivity contribution in [1.29, 1.82) is 0 Å². The van der Waals surface area contributed by atoms with Crippen LogP contribution in [-0.4, -0.2) is 36.2 Å². The van der Waals surface area contributed by atoms with E-state index in [1.807, 2.05) is 6.92 Å². The molecular formula is C11H20N2O2. The van der Waals surface area contributed by atoms with Gasteiger partial charge < -0.3 is 15.7 Å². The molecule has 4 heteroatoms. The van der Waals surface area contributed by atoms with Crippen molar-refractivity contribution in [3.05, 3.63) is 0 Å². The molecule has 4 nitrogen and oxygen atoms in total. The van der Waals surface area contributed by atoms with Gasteiger partial charge in [0.05, 0.1) is 11.0 Å². The predicted octanol–water partition coefficient (Wildman–Crippen LogP) is 0.0172. The Kier molecular flexibility index (Phi) is 2.73. The molecule has 0 aromatic rings. The fraction of sp³-hybridized carbons (Fsp3) is 0.909. The first-order valence-electron chi connectivity index (χ1n) is 5.76. The fourth-order valence-electron chi connectivity index (χ4n) is 2.23. The summed E-state index contributed by atoms with van der Waals surface area (Å²) in [6.07, 6.45) is 3.60. The van der Waals surface area contributed by atoms with Crippen LogP contribution in [0.4, 0.5) is 0 Å². The first-order valence-corrected chi connectivity index (χ1v) is 5.76. The van der Waals surface area contributed by atoms with E-state index < -0.39 is 5.60 Å². The van der Waals surface area contributed by atoms with Crippen LogP contribution >= 0.6 is 0 Å². The maximum absolute atomic E-state index is 11.9. The van der Waals surface area contributed by atoms with Gasteiger partial charge in [0.2, 0.25) is 5.91 Å². The minimum atomic E-state index is -0.613. The molecule has 2 rings (SSSR count).